The van der Waals surface area contributed by atoms with Crippen LogP contribution in [0.15, 0.2) is 121 Å². The number of aliphatic hydroxyl groups is 1. The van der Waals surface area contributed by atoms with Crippen molar-refractivity contribution in [1.82, 2.24) is 4.98 Å². The third kappa shape index (κ3) is 5.01. The first kappa shape index (κ1) is 26.2. The molecule has 41 heavy (non-hydrogen) atoms. The van der Waals surface area contributed by atoms with Crippen LogP contribution < -0.4 is 9.64 Å². The Kier molecular flexibility index (Phi) is 6.91. The fourth-order valence-corrected chi connectivity index (χ4v) is 5.85. The van der Waals surface area contributed by atoms with Gasteiger partial charge in [-0.1, -0.05) is 60.7 Å². The first-order valence-corrected chi connectivity index (χ1v) is 13.6. The predicted molar refractivity (Wildman–Crippen MR) is 156 cm³/mol. The minimum atomic E-state index is -0.999. The number of carbonyl (C=O) groups is 2. The number of amides is 1. The summed E-state index contributed by atoms with van der Waals surface area (Å²) in [6, 6.07) is 30.0. The van der Waals surface area contributed by atoms with E-state index in [0.29, 0.717) is 38.3 Å². The number of ketones is 1. The molecule has 1 unspecified atom stereocenters. The summed E-state index contributed by atoms with van der Waals surface area (Å²) in [5.41, 5.74) is 2.13. The number of benzene rings is 4. The predicted octanol–water partition coefficient (Wildman–Crippen LogP) is 7.83. The van der Waals surface area contributed by atoms with Crippen molar-refractivity contribution in [2.24, 2.45) is 0 Å². The van der Waals surface area contributed by atoms with Gasteiger partial charge in [-0.05, 0) is 61.0 Å². The van der Waals surface area contributed by atoms with Gasteiger partial charge in [-0.15, -0.1) is 11.3 Å². The van der Waals surface area contributed by atoms with Crippen molar-refractivity contribution in [3.05, 3.63) is 142 Å². The van der Waals surface area contributed by atoms with E-state index >= 15 is 0 Å². The number of aryl methyl sites for hydroxylation is 1. The standard InChI is InChI=1S/C33H23FN2O4S/c1-20-31(41-32(35-20)21-9-4-2-5-10-21)29(37)27-28(36(33(39)30(27)38)24-17-15-23(34)16-18-24)22-11-8-14-26(19-22)40-25-12-6-3-7-13-25/h2-19,28,38H,1H3. The first-order valence-electron chi connectivity index (χ1n) is 12.8. The van der Waals surface area contributed by atoms with E-state index in [9.17, 15) is 19.1 Å². The van der Waals surface area contributed by atoms with Crippen LogP contribution in [0.4, 0.5) is 10.1 Å². The topological polar surface area (TPSA) is 79.7 Å². The van der Waals surface area contributed by atoms with Gasteiger partial charge in [0.05, 0.1) is 22.2 Å². The first-order chi connectivity index (χ1) is 19.9. The van der Waals surface area contributed by atoms with Crippen molar-refractivity contribution in [2.45, 2.75) is 13.0 Å². The Hall–Kier alpha value is -5.08. The van der Waals surface area contributed by atoms with Gasteiger partial charge in [0, 0.05) is 11.3 Å². The molecule has 2 heterocycles. The maximum atomic E-state index is 14.1. The molecule has 0 aliphatic carbocycles. The molecule has 202 valence electrons. The lowest BCUT2D eigenvalue weighted by molar-refractivity contribution is -0.117. The van der Waals surface area contributed by atoms with Crippen LogP contribution in [0.2, 0.25) is 0 Å². The van der Waals surface area contributed by atoms with Crippen LogP contribution in [0, 0.1) is 12.7 Å². The second-order valence-corrected chi connectivity index (χ2v) is 10.4. The monoisotopic (exact) mass is 562 g/mol. The Morgan fingerprint density at radius 2 is 1.56 bits per heavy atom. The zero-order chi connectivity index (χ0) is 28.5. The number of Topliss-reactive ketones (excluding diaryl/α,β-unsaturated/α-hetero) is 1. The molecule has 8 heteroatoms. The molecule has 1 amide bonds. The summed E-state index contributed by atoms with van der Waals surface area (Å²) >= 11 is 1.20. The molecule has 0 radical (unpaired) electrons. The second-order valence-electron chi connectivity index (χ2n) is 9.43. The molecule has 1 aromatic heterocycles. The summed E-state index contributed by atoms with van der Waals surface area (Å²) in [6.45, 7) is 1.73. The van der Waals surface area contributed by atoms with Gasteiger partial charge in [0.25, 0.3) is 5.91 Å². The number of ether oxygens (including phenoxy) is 1. The van der Waals surface area contributed by atoms with Crippen molar-refractivity contribution in [2.75, 3.05) is 4.90 Å². The number of hydrogen-bond acceptors (Lipinski definition) is 6. The molecule has 0 bridgehead atoms. The summed E-state index contributed by atoms with van der Waals surface area (Å²) in [5.74, 6) is -1.29. The quantitative estimate of drug-likeness (QED) is 0.205. The van der Waals surface area contributed by atoms with Gasteiger partial charge in [-0.25, -0.2) is 9.37 Å². The van der Waals surface area contributed by atoms with Crippen LogP contribution in [0.25, 0.3) is 10.6 Å². The molecular formula is C33H23FN2O4S. The molecule has 0 spiro atoms. The number of thiazole rings is 1. The summed E-state index contributed by atoms with van der Waals surface area (Å²) in [5, 5.41) is 11.8. The molecule has 4 aromatic carbocycles. The number of para-hydroxylation sites is 1. The fourth-order valence-electron chi connectivity index (χ4n) is 4.83. The Morgan fingerprint density at radius 1 is 0.902 bits per heavy atom. The van der Waals surface area contributed by atoms with E-state index in [1.54, 1.807) is 31.2 Å². The number of halogens is 1. The van der Waals surface area contributed by atoms with Gasteiger partial charge in [0.1, 0.15) is 22.3 Å². The van der Waals surface area contributed by atoms with E-state index in [1.165, 1.54) is 40.5 Å². The van der Waals surface area contributed by atoms with Gasteiger partial charge in [-0.2, -0.15) is 0 Å². The van der Waals surface area contributed by atoms with Crippen molar-refractivity contribution in [3.63, 3.8) is 0 Å². The minimum absolute atomic E-state index is 0.0810. The summed E-state index contributed by atoms with van der Waals surface area (Å²) < 4.78 is 19.8. The van der Waals surface area contributed by atoms with E-state index < -0.39 is 29.3 Å². The summed E-state index contributed by atoms with van der Waals surface area (Å²) in [6.07, 6.45) is 0. The molecule has 0 saturated carbocycles. The molecule has 1 N–H and O–H groups in total. The Balaban J connectivity index is 1.45. The zero-order valence-corrected chi connectivity index (χ0v) is 22.6. The molecule has 6 nitrogen and oxygen atoms in total. The molecule has 1 aliphatic heterocycles. The Morgan fingerprint density at radius 3 is 2.27 bits per heavy atom. The molecule has 5 aromatic rings. The van der Waals surface area contributed by atoms with Crippen LogP contribution in [-0.2, 0) is 4.79 Å². The number of anilines is 1. The van der Waals surface area contributed by atoms with Crippen LogP contribution >= 0.6 is 11.3 Å². The molecule has 6 rings (SSSR count). The van der Waals surface area contributed by atoms with Crippen molar-refractivity contribution in [3.8, 4) is 22.1 Å². The van der Waals surface area contributed by atoms with E-state index in [0.717, 1.165) is 5.56 Å². The van der Waals surface area contributed by atoms with E-state index in [2.05, 4.69) is 4.98 Å². The highest BCUT2D eigenvalue weighted by molar-refractivity contribution is 7.17. The number of carbonyl (C=O) groups excluding carboxylic acids is 2. The third-order valence-electron chi connectivity index (χ3n) is 6.73. The normalized spacial score (nSPS) is 14.9. The van der Waals surface area contributed by atoms with Crippen molar-refractivity contribution in [1.29, 1.82) is 0 Å². The van der Waals surface area contributed by atoms with Crippen molar-refractivity contribution < 1.29 is 23.8 Å². The number of nitrogens with zero attached hydrogens (tertiary/aromatic N) is 2. The van der Waals surface area contributed by atoms with Crippen molar-refractivity contribution >= 4 is 28.7 Å². The SMILES string of the molecule is Cc1nc(-c2ccccc2)sc1C(=O)C1=C(O)C(=O)N(c2ccc(F)cc2)C1c1cccc(Oc2ccccc2)c1. The highest BCUT2D eigenvalue weighted by Crippen LogP contribution is 2.44. The van der Waals surface area contributed by atoms with Gasteiger partial charge >= 0.3 is 0 Å². The highest BCUT2D eigenvalue weighted by Gasteiger charge is 2.45. The molecule has 0 fully saturated rings. The molecular weight excluding hydrogens is 539 g/mol. The third-order valence-corrected chi connectivity index (χ3v) is 7.94. The minimum Gasteiger partial charge on any atom is -0.503 e. The summed E-state index contributed by atoms with van der Waals surface area (Å²) in [7, 11) is 0. The maximum Gasteiger partial charge on any atom is 0.294 e. The maximum absolute atomic E-state index is 14.1. The second kappa shape index (κ2) is 10.8. The van der Waals surface area contributed by atoms with Gasteiger partial charge in [0.15, 0.2) is 5.76 Å². The average molecular weight is 563 g/mol. The molecule has 0 saturated heterocycles. The average Bonchev–Trinajstić information content (AvgIpc) is 3.51. The van der Waals surface area contributed by atoms with Crippen LogP contribution in [0.3, 0.4) is 0 Å². The smallest absolute Gasteiger partial charge is 0.294 e. The lowest BCUT2D eigenvalue weighted by atomic mass is 9.94. The van der Waals surface area contributed by atoms with Gasteiger partial charge in [0.2, 0.25) is 5.78 Å². The molecule has 1 aliphatic rings. The Bertz CT molecular complexity index is 1780. The number of aliphatic hydroxyl groups excluding tert-OH is 1. The largest absolute Gasteiger partial charge is 0.503 e. The van der Waals surface area contributed by atoms with Crippen LogP contribution in [-0.4, -0.2) is 21.8 Å². The molecule has 1 atom stereocenters. The van der Waals surface area contributed by atoms with Crippen LogP contribution in [0.5, 0.6) is 11.5 Å². The lowest BCUT2D eigenvalue weighted by Gasteiger charge is -2.27. The zero-order valence-electron chi connectivity index (χ0n) is 21.8. The van der Waals surface area contributed by atoms with E-state index in [-0.39, 0.29) is 5.57 Å². The van der Waals surface area contributed by atoms with Crippen LogP contribution in [0.1, 0.15) is 27.0 Å². The number of aromatic nitrogens is 1. The highest BCUT2D eigenvalue weighted by atomic mass is 32.1. The number of rotatable bonds is 7. The van der Waals surface area contributed by atoms with E-state index in [1.807, 2.05) is 60.7 Å². The Labute approximate surface area is 239 Å². The summed E-state index contributed by atoms with van der Waals surface area (Å²) in [4.78, 5) is 33.9. The van der Waals surface area contributed by atoms with Gasteiger partial charge < -0.3 is 9.84 Å². The number of hydrogen-bond donors (Lipinski definition) is 1. The van der Waals surface area contributed by atoms with Gasteiger partial charge in [-0.3, -0.25) is 14.5 Å². The van der Waals surface area contributed by atoms with E-state index in [4.69, 9.17) is 4.74 Å². The fraction of sp³-hybridized carbons (Fsp3) is 0.0606. The lowest BCUT2D eigenvalue weighted by Crippen LogP contribution is -2.31.